The molecular formula is C20H21Cl2N5O2S2. The molecule has 11 heteroatoms. The Bertz CT molecular complexity index is 1250. The highest BCUT2D eigenvalue weighted by Crippen LogP contribution is 2.31. The topological polar surface area (TPSA) is 63.4 Å². The van der Waals surface area contributed by atoms with Crippen molar-refractivity contribution in [2.75, 3.05) is 32.4 Å². The lowest BCUT2D eigenvalue weighted by Crippen LogP contribution is -2.48. The second-order valence-electron chi connectivity index (χ2n) is 7.32. The monoisotopic (exact) mass is 497 g/mol. The summed E-state index contributed by atoms with van der Waals surface area (Å²) >= 11 is 18.3. The van der Waals surface area contributed by atoms with Crippen LogP contribution in [0.3, 0.4) is 0 Å². The van der Waals surface area contributed by atoms with Crippen LogP contribution in [0.25, 0.3) is 17.1 Å². The minimum Gasteiger partial charge on any atom is -0.282 e. The molecule has 31 heavy (non-hydrogen) atoms. The van der Waals surface area contributed by atoms with Gasteiger partial charge in [0.25, 0.3) is 0 Å². The largest absolute Gasteiger partial charge is 0.282 e. The number of para-hydroxylation sites is 1. The van der Waals surface area contributed by atoms with E-state index in [1.54, 1.807) is 16.8 Å². The van der Waals surface area contributed by atoms with Gasteiger partial charge in [-0.1, -0.05) is 41.4 Å². The minimum atomic E-state index is -3.18. The van der Waals surface area contributed by atoms with E-state index in [9.17, 15) is 8.42 Å². The Balaban J connectivity index is 1.70. The standard InChI is InChI=1S/C20H21Cl2N5O2S2/c1-31(28,29)25-11-9-24(10-12-25)14-26-20(30)27(16-5-3-2-4-6-16)19(23-26)17-8-7-15(21)13-18(17)22/h2-8,13H,9-12,14H2,1H3. The maximum atomic E-state index is 11.8. The van der Waals surface area contributed by atoms with Gasteiger partial charge < -0.3 is 0 Å². The van der Waals surface area contributed by atoms with E-state index < -0.39 is 10.0 Å². The van der Waals surface area contributed by atoms with Crippen molar-refractivity contribution in [3.05, 3.63) is 63.3 Å². The highest BCUT2D eigenvalue weighted by molar-refractivity contribution is 7.88. The van der Waals surface area contributed by atoms with Gasteiger partial charge in [-0.05, 0) is 42.5 Å². The number of halogens is 2. The highest BCUT2D eigenvalue weighted by Gasteiger charge is 2.25. The lowest BCUT2D eigenvalue weighted by Gasteiger charge is -2.32. The smallest absolute Gasteiger partial charge is 0.211 e. The summed E-state index contributed by atoms with van der Waals surface area (Å²) in [6.45, 7) is 2.55. The Labute approximate surface area is 196 Å². The van der Waals surface area contributed by atoms with Crippen molar-refractivity contribution >= 4 is 45.4 Å². The van der Waals surface area contributed by atoms with E-state index in [2.05, 4.69) is 4.90 Å². The van der Waals surface area contributed by atoms with Crippen LogP contribution < -0.4 is 0 Å². The zero-order chi connectivity index (χ0) is 22.2. The van der Waals surface area contributed by atoms with Crippen molar-refractivity contribution in [1.82, 2.24) is 23.6 Å². The molecule has 2 heterocycles. The SMILES string of the molecule is CS(=O)(=O)N1CCN(Cn2nc(-c3ccc(Cl)cc3Cl)n(-c3ccccc3)c2=S)CC1. The zero-order valence-corrected chi connectivity index (χ0v) is 19.9. The lowest BCUT2D eigenvalue weighted by molar-refractivity contribution is 0.145. The number of aromatic nitrogens is 3. The van der Waals surface area contributed by atoms with Crippen molar-refractivity contribution in [2.24, 2.45) is 0 Å². The maximum absolute atomic E-state index is 11.8. The van der Waals surface area contributed by atoms with E-state index in [1.165, 1.54) is 10.6 Å². The summed E-state index contributed by atoms with van der Waals surface area (Å²) in [5.41, 5.74) is 1.60. The predicted octanol–water partition coefficient (Wildman–Crippen LogP) is 3.91. The molecule has 0 amide bonds. The molecular weight excluding hydrogens is 477 g/mol. The van der Waals surface area contributed by atoms with Crippen LogP contribution in [0.15, 0.2) is 48.5 Å². The average Bonchev–Trinajstić information content (AvgIpc) is 3.04. The van der Waals surface area contributed by atoms with E-state index in [4.69, 9.17) is 40.5 Å². The highest BCUT2D eigenvalue weighted by atomic mass is 35.5. The second kappa shape index (κ2) is 9.01. The second-order valence-corrected chi connectivity index (χ2v) is 10.5. The number of rotatable bonds is 5. The summed E-state index contributed by atoms with van der Waals surface area (Å²) in [6, 6.07) is 15.0. The number of piperazine rings is 1. The number of hydrogen-bond acceptors (Lipinski definition) is 5. The Kier molecular flexibility index (Phi) is 6.52. The Hall–Kier alpha value is -1.75. The van der Waals surface area contributed by atoms with Gasteiger partial charge in [0.05, 0.1) is 17.9 Å². The quantitative estimate of drug-likeness (QED) is 0.500. The van der Waals surface area contributed by atoms with Gasteiger partial charge in [0.15, 0.2) is 5.82 Å². The molecule has 0 aliphatic carbocycles. The van der Waals surface area contributed by atoms with Crippen LogP contribution in [0.2, 0.25) is 10.0 Å². The average molecular weight is 498 g/mol. The third-order valence-electron chi connectivity index (χ3n) is 5.16. The molecule has 2 aromatic carbocycles. The van der Waals surface area contributed by atoms with Crippen molar-refractivity contribution < 1.29 is 8.42 Å². The van der Waals surface area contributed by atoms with Crippen LogP contribution in [-0.4, -0.2) is 64.4 Å². The number of sulfonamides is 1. The van der Waals surface area contributed by atoms with Gasteiger partial charge in [-0.25, -0.2) is 13.1 Å². The van der Waals surface area contributed by atoms with Crippen LogP contribution in [0, 0.1) is 4.77 Å². The van der Waals surface area contributed by atoms with Crippen LogP contribution >= 0.6 is 35.4 Å². The lowest BCUT2D eigenvalue weighted by atomic mass is 10.2. The first-order valence-corrected chi connectivity index (χ1v) is 12.6. The van der Waals surface area contributed by atoms with Crippen molar-refractivity contribution in [3.63, 3.8) is 0 Å². The van der Waals surface area contributed by atoms with Gasteiger partial charge >= 0.3 is 0 Å². The maximum Gasteiger partial charge on any atom is 0.211 e. The molecule has 4 rings (SSSR count). The molecule has 0 N–H and O–H groups in total. The first-order valence-electron chi connectivity index (χ1n) is 9.62. The third kappa shape index (κ3) is 4.87. The summed E-state index contributed by atoms with van der Waals surface area (Å²) in [6.07, 6.45) is 1.24. The fourth-order valence-electron chi connectivity index (χ4n) is 3.55. The van der Waals surface area contributed by atoms with Crippen LogP contribution in [0.1, 0.15) is 0 Å². The molecule has 1 aliphatic heterocycles. The van der Waals surface area contributed by atoms with E-state index in [0.29, 0.717) is 53.5 Å². The summed E-state index contributed by atoms with van der Waals surface area (Å²) < 4.78 is 29.2. The summed E-state index contributed by atoms with van der Waals surface area (Å²) in [4.78, 5) is 2.13. The summed E-state index contributed by atoms with van der Waals surface area (Å²) in [5.74, 6) is 0.618. The zero-order valence-electron chi connectivity index (χ0n) is 16.8. The van der Waals surface area contributed by atoms with E-state index in [1.807, 2.05) is 41.0 Å². The van der Waals surface area contributed by atoms with Gasteiger partial charge in [0.1, 0.15) is 0 Å². The van der Waals surface area contributed by atoms with E-state index >= 15 is 0 Å². The molecule has 1 aromatic heterocycles. The Morgan fingerprint density at radius 3 is 2.32 bits per heavy atom. The van der Waals surface area contributed by atoms with Gasteiger partial charge in [-0.15, -0.1) is 5.10 Å². The first-order chi connectivity index (χ1) is 14.7. The molecule has 1 fully saturated rings. The molecule has 1 saturated heterocycles. The molecule has 0 radical (unpaired) electrons. The molecule has 3 aromatic rings. The normalized spacial score (nSPS) is 16.0. The predicted molar refractivity (Wildman–Crippen MR) is 126 cm³/mol. The molecule has 164 valence electrons. The number of hydrogen-bond donors (Lipinski definition) is 0. The van der Waals surface area contributed by atoms with Gasteiger partial charge in [0.2, 0.25) is 14.8 Å². The molecule has 1 aliphatic rings. The summed E-state index contributed by atoms with van der Waals surface area (Å²) in [7, 11) is -3.18. The van der Waals surface area contributed by atoms with Crippen LogP contribution in [0.4, 0.5) is 0 Å². The molecule has 0 spiro atoms. The van der Waals surface area contributed by atoms with E-state index in [0.717, 1.165) is 11.3 Å². The van der Waals surface area contributed by atoms with Gasteiger partial charge in [-0.2, -0.15) is 4.31 Å². The Morgan fingerprint density at radius 2 is 1.71 bits per heavy atom. The third-order valence-corrected chi connectivity index (χ3v) is 7.40. The van der Waals surface area contributed by atoms with Crippen molar-refractivity contribution in [2.45, 2.75) is 6.67 Å². The summed E-state index contributed by atoms with van der Waals surface area (Å²) in [5, 5.41) is 5.81. The molecule has 7 nitrogen and oxygen atoms in total. The van der Waals surface area contributed by atoms with Crippen molar-refractivity contribution in [3.8, 4) is 17.1 Å². The van der Waals surface area contributed by atoms with E-state index in [-0.39, 0.29) is 0 Å². The van der Waals surface area contributed by atoms with Crippen LogP contribution in [-0.2, 0) is 16.7 Å². The van der Waals surface area contributed by atoms with Gasteiger partial charge in [-0.3, -0.25) is 9.47 Å². The van der Waals surface area contributed by atoms with Crippen molar-refractivity contribution in [1.29, 1.82) is 0 Å². The Morgan fingerprint density at radius 1 is 1.03 bits per heavy atom. The molecule has 0 unspecified atom stereocenters. The first kappa shape index (κ1) is 22.4. The van der Waals surface area contributed by atoms with Crippen LogP contribution in [0.5, 0.6) is 0 Å². The fourth-order valence-corrected chi connectivity index (χ4v) is 5.16. The molecule has 0 atom stereocenters. The van der Waals surface area contributed by atoms with Gasteiger partial charge in [0, 0.05) is 42.5 Å². The molecule has 0 saturated carbocycles. The number of benzene rings is 2. The minimum absolute atomic E-state index is 0.446. The molecule has 0 bridgehead atoms. The number of nitrogens with zero attached hydrogens (tertiary/aromatic N) is 5. The fraction of sp³-hybridized carbons (Fsp3) is 0.300.